The molecule has 0 bridgehead atoms. The lowest BCUT2D eigenvalue weighted by Crippen LogP contribution is -2.50. The zero-order valence-corrected chi connectivity index (χ0v) is 10.6. The number of ether oxygens (including phenoxy) is 1. The predicted octanol–water partition coefficient (Wildman–Crippen LogP) is 0.798. The monoisotopic (exact) mass is 248 g/mol. The number of hydrogen-bond acceptors (Lipinski definition) is 3. The maximum atomic E-state index is 12.1. The van der Waals surface area contributed by atoms with Gasteiger partial charge in [-0.3, -0.25) is 4.79 Å². The average molecular weight is 249 g/mol. The van der Waals surface area contributed by atoms with Crippen molar-refractivity contribution < 1.29 is 9.53 Å². The Morgan fingerprint density at radius 2 is 2.38 bits per heavy atom. The number of carbonyl (C=O) groups excluding carboxylic acids is 1. The van der Waals surface area contributed by atoms with Crippen molar-refractivity contribution in [1.29, 1.82) is 0 Å². The standard InChI is InChI=1S/C11H20N2O2.ClH/c1-2-9-4-3-6-13(9)11(14)10-8-12-5-7-15-10;/h9-10,12H,2-8H2,1H3;1H/t9?,10-;/m0./s1. The third kappa shape index (κ3) is 2.87. The molecule has 2 rings (SSSR count). The molecule has 1 unspecified atom stereocenters. The maximum absolute atomic E-state index is 12.1. The largest absolute Gasteiger partial charge is 0.366 e. The molecule has 2 fully saturated rings. The zero-order chi connectivity index (χ0) is 10.7. The minimum atomic E-state index is -0.245. The first-order valence-electron chi connectivity index (χ1n) is 5.95. The Bertz CT molecular complexity index is 232. The highest BCUT2D eigenvalue weighted by Gasteiger charge is 2.33. The van der Waals surface area contributed by atoms with Gasteiger partial charge < -0.3 is 15.0 Å². The molecule has 2 heterocycles. The summed E-state index contributed by atoms with van der Waals surface area (Å²) in [6.45, 7) is 5.25. The van der Waals surface area contributed by atoms with E-state index in [-0.39, 0.29) is 24.4 Å². The summed E-state index contributed by atoms with van der Waals surface area (Å²) in [6.07, 6.45) is 3.12. The lowest BCUT2D eigenvalue weighted by Gasteiger charge is -2.30. The van der Waals surface area contributed by atoms with E-state index in [0.29, 0.717) is 19.2 Å². The van der Waals surface area contributed by atoms with Crippen LogP contribution in [0.1, 0.15) is 26.2 Å². The summed E-state index contributed by atoms with van der Waals surface area (Å²) >= 11 is 0. The molecule has 0 spiro atoms. The highest BCUT2D eigenvalue weighted by molar-refractivity contribution is 5.85. The Balaban J connectivity index is 0.00000128. The van der Waals surface area contributed by atoms with Crippen LogP contribution in [0.25, 0.3) is 0 Å². The fourth-order valence-electron chi connectivity index (χ4n) is 2.46. The number of nitrogens with one attached hydrogen (secondary N) is 1. The number of morpholine rings is 1. The first-order valence-corrected chi connectivity index (χ1v) is 5.95. The third-order valence-electron chi connectivity index (χ3n) is 3.33. The normalized spacial score (nSPS) is 29.9. The molecule has 2 atom stereocenters. The summed E-state index contributed by atoms with van der Waals surface area (Å²) in [5, 5.41) is 3.20. The van der Waals surface area contributed by atoms with Gasteiger partial charge in [0, 0.05) is 25.7 Å². The van der Waals surface area contributed by atoms with Crippen molar-refractivity contribution in [2.45, 2.75) is 38.3 Å². The molecule has 1 amide bonds. The summed E-state index contributed by atoms with van der Waals surface area (Å²) < 4.78 is 5.49. The number of nitrogens with zero attached hydrogens (tertiary/aromatic N) is 1. The zero-order valence-electron chi connectivity index (χ0n) is 9.78. The molecule has 0 aromatic rings. The van der Waals surface area contributed by atoms with Crippen LogP contribution in [0, 0.1) is 0 Å². The highest BCUT2D eigenvalue weighted by atomic mass is 35.5. The molecule has 0 aliphatic carbocycles. The second-order valence-corrected chi connectivity index (χ2v) is 4.30. The van der Waals surface area contributed by atoms with Gasteiger partial charge in [0.2, 0.25) is 0 Å². The molecule has 0 aromatic carbocycles. The smallest absolute Gasteiger partial charge is 0.253 e. The topological polar surface area (TPSA) is 41.6 Å². The van der Waals surface area contributed by atoms with Crippen LogP contribution in [-0.4, -0.2) is 49.2 Å². The van der Waals surface area contributed by atoms with Gasteiger partial charge in [0.1, 0.15) is 6.10 Å². The van der Waals surface area contributed by atoms with E-state index < -0.39 is 0 Å². The number of amides is 1. The Kier molecular flexibility index (Phi) is 5.52. The summed E-state index contributed by atoms with van der Waals surface area (Å²) in [6, 6.07) is 0.447. The molecule has 5 heteroatoms. The summed E-state index contributed by atoms with van der Waals surface area (Å²) in [5.41, 5.74) is 0. The third-order valence-corrected chi connectivity index (χ3v) is 3.33. The van der Waals surface area contributed by atoms with Gasteiger partial charge in [-0.15, -0.1) is 12.4 Å². The Morgan fingerprint density at radius 3 is 3.00 bits per heavy atom. The van der Waals surface area contributed by atoms with Crippen LogP contribution in [0.2, 0.25) is 0 Å². The minimum absolute atomic E-state index is 0. The summed E-state index contributed by atoms with van der Waals surface area (Å²) in [4.78, 5) is 14.1. The lowest BCUT2D eigenvalue weighted by molar-refractivity contribution is -0.146. The molecule has 16 heavy (non-hydrogen) atoms. The van der Waals surface area contributed by atoms with Crippen LogP contribution in [0.5, 0.6) is 0 Å². The van der Waals surface area contributed by atoms with Crippen LogP contribution in [0.3, 0.4) is 0 Å². The van der Waals surface area contributed by atoms with Crippen molar-refractivity contribution in [2.75, 3.05) is 26.2 Å². The summed E-state index contributed by atoms with van der Waals surface area (Å²) in [5.74, 6) is 0.187. The number of carbonyl (C=O) groups is 1. The number of hydrogen-bond donors (Lipinski definition) is 1. The fraction of sp³-hybridized carbons (Fsp3) is 0.909. The molecule has 0 saturated carbocycles. The molecule has 0 aromatic heterocycles. The molecule has 2 aliphatic rings. The van der Waals surface area contributed by atoms with E-state index in [2.05, 4.69) is 12.2 Å². The van der Waals surface area contributed by atoms with Crippen molar-refractivity contribution in [3.05, 3.63) is 0 Å². The number of rotatable bonds is 2. The first-order chi connectivity index (χ1) is 7.33. The lowest BCUT2D eigenvalue weighted by atomic mass is 10.1. The van der Waals surface area contributed by atoms with Crippen LogP contribution in [0.15, 0.2) is 0 Å². The Hall–Kier alpha value is -0.320. The van der Waals surface area contributed by atoms with Crippen molar-refractivity contribution >= 4 is 18.3 Å². The van der Waals surface area contributed by atoms with Crippen LogP contribution in [-0.2, 0) is 9.53 Å². The van der Waals surface area contributed by atoms with Gasteiger partial charge >= 0.3 is 0 Å². The van der Waals surface area contributed by atoms with Gasteiger partial charge in [-0.25, -0.2) is 0 Å². The number of likely N-dealkylation sites (tertiary alicyclic amines) is 1. The van der Waals surface area contributed by atoms with Gasteiger partial charge in [0.25, 0.3) is 5.91 Å². The first kappa shape index (κ1) is 13.7. The average Bonchev–Trinajstić information content (AvgIpc) is 2.77. The van der Waals surface area contributed by atoms with Gasteiger partial charge in [-0.05, 0) is 19.3 Å². The van der Waals surface area contributed by atoms with E-state index in [1.54, 1.807) is 0 Å². The molecule has 94 valence electrons. The van der Waals surface area contributed by atoms with Gasteiger partial charge in [0.15, 0.2) is 0 Å². The minimum Gasteiger partial charge on any atom is -0.366 e. The maximum Gasteiger partial charge on any atom is 0.253 e. The van der Waals surface area contributed by atoms with E-state index in [0.717, 1.165) is 32.4 Å². The Morgan fingerprint density at radius 1 is 1.56 bits per heavy atom. The summed E-state index contributed by atoms with van der Waals surface area (Å²) in [7, 11) is 0. The SMILES string of the molecule is CCC1CCCN1C(=O)[C@@H]1CNCCO1.Cl. The second kappa shape index (κ2) is 6.42. The quantitative estimate of drug-likeness (QED) is 0.786. The van der Waals surface area contributed by atoms with E-state index in [4.69, 9.17) is 4.74 Å². The predicted molar refractivity (Wildman–Crippen MR) is 64.9 cm³/mol. The van der Waals surface area contributed by atoms with Crippen molar-refractivity contribution in [3.63, 3.8) is 0 Å². The van der Waals surface area contributed by atoms with Crippen molar-refractivity contribution in [2.24, 2.45) is 0 Å². The van der Waals surface area contributed by atoms with Gasteiger partial charge in [-0.1, -0.05) is 6.92 Å². The molecule has 0 radical (unpaired) electrons. The molecule has 4 nitrogen and oxygen atoms in total. The molecule has 1 N–H and O–H groups in total. The van der Waals surface area contributed by atoms with E-state index in [1.165, 1.54) is 0 Å². The van der Waals surface area contributed by atoms with E-state index >= 15 is 0 Å². The van der Waals surface area contributed by atoms with Crippen LogP contribution in [0.4, 0.5) is 0 Å². The molecular weight excluding hydrogens is 228 g/mol. The van der Waals surface area contributed by atoms with Crippen molar-refractivity contribution in [1.82, 2.24) is 10.2 Å². The molecule has 2 aliphatic heterocycles. The van der Waals surface area contributed by atoms with Gasteiger partial charge in [-0.2, -0.15) is 0 Å². The molecule has 2 saturated heterocycles. The number of halogens is 1. The fourth-order valence-corrected chi connectivity index (χ4v) is 2.46. The van der Waals surface area contributed by atoms with Crippen LogP contribution >= 0.6 is 12.4 Å². The van der Waals surface area contributed by atoms with Crippen molar-refractivity contribution in [3.8, 4) is 0 Å². The second-order valence-electron chi connectivity index (χ2n) is 4.30. The van der Waals surface area contributed by atoms with Gasteiger partial charge in [0.05, 0.1) is 6.61 Å². The van der Waals surface area contributed by atoms with E-state index in [1.807, 2.05) is 4.90 Å². The van der Waals surface area contributed by atoms with E-state index in [9.17, 15) is 4.79 Å². The highest BCUT2D eigenvalue weighted by Crippen LogP contribution is 2.21. The van der Waals surface area contributed by atoms with Crippen LogP contribution < -0.4 is 5.32 Å². The Labute approximate surface area is 103 Å². The molecular formula is C11H21ClN2O2.